The molecule has 2 aliphatic rings. The number of ether oxygens (including phenoxy) is 1. The van der Waals surface area contributed by atoms with Crippen molar-refractivity contribution in [1.29, 1.82) is 0 Å². The standard InChI is InChI=1S/C24H27N5O3/c1-16-19(24(31)28-9-11-32-12-10-28)15-26-23(27-16)21-7-4-8-29(21)22(30)13-17-14-25-20-6-3-2-5-18(17)20/h2-3,5-6,14-15,21,25H,4,7-13H2,1H3. The predicted octanol–water partition coefficient (Wildman–Crippen LogP) is 2.64. The smallest absolute Gasteiger partial charge is 0.257 e. The summed E-state index contributed by atoms with van der Waals surface area (Å²) < 4.78 is 5.33. The Hall–Kier alpha value is -3.26. The Morgan fingerprint density at radius 2 is 2.00 bits per heavy atom. The molecule has 0 saturated carbocycles. The molecule has 0 bridgehead atoms. The minimum Gasteiger partial charge on any atom is -0.378 e. The third kappa shape index (κ3) is 3.86. The number of rotatable bonds is 4. The number of carbonyl (C=O) groups excluding carboxylic acids is 2. The van der Waals surface area contributed by atoms with Crippen LogP contribution in [0.4, 0.5) is 0 Å². The van der Waals surface area contributed by atoms with Gasteiger partial charge in [0, 0.05) is 42.9 Å². The van der Waals surface area contributed by atoms with Crippen LogP contribution in [0.3, 0.4) is 0 Å². The van der Waals surface area contributed by atoms with Crippen LogP contribution in [-0.4, -0.2) is 69.4 Å². The molecule has 8 nitrogen and oxygen atoms in total. The van der Waals surface area contributed by atoms with Crippen LogP contribution in [0.2, 0.25) is 0 Å². The maximum atomic E-state index is 13.2. The van der Waals surface area contributed by atoms with Gasteiger partial charge in [-0.2, -0.15) is 0 Å². The number of hydrogen-bond acceptors (Lipinski definition) is 5. The fourth-order valence-corrected chi connectivity index (χ4v) is 4.67. The first-order valence-corrected chi connectivity index (χ1v) is 11.2. The summed E-state index contributed by atoms with van der Waals surface area (Å²) >= 11 is 0. The second-order valence-electron chi connectivity index (χ2n) is 8.41. The summed E-state index contributed by atoms with van der Waals surface area (Å²) in [7, 11) is 0. The molecule has 1 aromatic carbocycles. The van der Waals surface area contributed by atoms with Crippen LogP contribution in [-0.2, 0) is 16.0 Å². The monoisotopic (exact) mass is 433 g/mol. The van der Waals surface area contributed by atoms with Gasteiger partial charge in [0.1, 0.15) is 0 Å². The number of aromatic amines is 1. The quantitative estimate of drug-likeness (QED) is 0.683. The molecule has 1 unspecified atom stereocenters. The Balaban J connectivity index is 1.33. The minimum atomic E-state index is -0.154. The molecule has 0 spiro atoms. The number of likely N-dealkylation sites (tertiary alicyclic amines) is 1. The largest absolute Gasteiger partial charge is 0.378 e. The number of aromatic nitrogens is 3. The fraction of sp³-hybridized carbons (Fsp3) is 0.417. The maximum Gasteiger partial charge on any atom is 0.257 e. The van der Waals surface area contributed by atoms with Gasteiger partial charge in [-0.05, 0) is 31.4 Å². The number of para-hydroxylation sites is 1. The van der Waals surface area contributed by atoms with Crippen LogP contribution >= 0.6 is 0 Å². The number of carbonyl (C=O) groups is 2. The number of fused-ring (bicyclic) bond motifs is 1. The van der Waals surface area contributed by atoms with Crippen LogP contribution in [0.5, 0.6) is 0 Å². The highest BCUT2D eigenvalue weighted by atomic mass is 16.5. The van der Waals surface area contributed by atoms with E-state index in [0.29, 0.717) is 56.4 Å². The van der Waals surface area contributed by atoms with Gasteiger partial charge in [0.25, 0.3) is 5.91 Å². The van der Waals surface area contributed by atoms with Crippen molar-refractivity contribution in [3.8, 4) is 0 Å². The number of benzene rings is 1. The molecule has 2 aromatic heterocycles. The van der Waals surface area contributed by atoms with Crippen molar-refractivity contribution >= 4 is 22.7 Å². The minimum absolute atomic E-state index is 0.0592. The highest BCUT2D eigenvalue weighted by Gasteiger charge is 2.33. The molecule has 0 aliphatic carbocycles. The Labute approximate surface area is 186 Å². The second-order valence-corrected chi connectivity index (χ2v) is 8.41. The van der Waals surface area contributed by atoms with Crippen LogP contribution in [0.25, 0.3) is 10.9 Å². The maximum absolute atomic E-state index is 13.2. The number of nitrogens with zero attached hydrogens (tertiary/aromatic N) is 4. The van der Waals surface area contributed by atoms with Gasteiger partial charge in [-0.25, -0.2) is 9.97 Å². The van der Waals surface area contributed by atoms with Gasteiger partial charge >= 0.3 is 0 Å². The summed E-state index contributed by atoms with van der Waals surface area (Å²) in [5.74, 6) is 0.633. The zero-order valence-corrected chi connectivity index (χ0v) is 18.2. The summed E-state index contributed by atoms with van der Waals surface area (Å²) in [6.45, 7) is 4.81. The molecule has 1 N–H and O–H groups in total. The van der Waals surface area contributed by atoms with E-state index in [9.17, 15) is 9.59 Å². The lowest BCUT2D eigenvalue weighted by Gasteiger charge is -2.27. The molecular weight excluding hydrogens is 406 g/mol. The third-order valence-electron chi connectivity index (χ3n) is 6.41. The first-order chi connectivity index (χ1) is 15.6. The molecule has 2 fully saturated rings. The van der Waals surface area contributed by atoms with E-state index in [1.165, 1.54) is 0 Å². The van der Waals surface area contributed by atoms with Crippen LogP contribution in [0.15, 0.2) is 36.7 Å². The number of nitrogens with one attached hydrogen (secondary N) is 1. The molecule has 8 heteroatoms. The Morgan fingerprint density at radius 3 is 2.81 bits per heavy atom. The van der Waals surface area contributed by atoms with E-state index in [-0.39, 0.29) is 17.9 Å². The van der Waals surface area contributed by atoms with Crippen molar-refractivity contribution in [3.63, 3.8) is 0 Å². The van der Waals surface area contributed by atoms with Crippen molar-refractivity contribution in [2.75, 3.05) is 32.8 Å². The van der Waals surface area contributed by atoms with E-state index in [1.54, 1.807) is 11.1 Å². The van der Waals surface area contributed by atoms with Gasteiger partial charge < -0.3 is 19.5 Å². The lowest BCUT2D eigenvalue weighted by molar-refractivity contribution is -0.131. The van der Waals surface area contributed by atoms with Crippen molar-refractivity contribution in [2.45, 2.75) is 32.2 Å². The molecule has 2 amide bonds. The van der Waals surface area contributed by atoms with Crippen molar-refractivity contribution in [2.24, 2.45) is 0 Å². The number of hydrogen-bond donors (Lipinski definition) is 1. The third-order valence-corrected chi connectivity index (χ3v) is 6.41. The topological polar surface area (TPSA) is 91.4 Å². The Morgan fingerprint density at radius 1 is 1.19 bits per heavy atom. The molecule has 4 heterocycles. The summed E-state index contributed by atoms with van der Waals surface area (Å²) in [6.07, 6.45) is 5.63. The Bertz CT molecular complexity index is 1150. The van der Waals surface area contributed by atoms with Gasteiger partial charge in [-0.15, -0.1) is 0 Å². The SMILES string of the molecule is Cc1nc(C2CCCN2C(=O)Cc2c[nH]c3ccccc23)ncc1C(=O)N1CCOCC1. The van der Waals surface area contributed by atoms with E-state index in [2.05, 4.69) is 15.0 Å². The van der Waals surface area contributed by atoms with Crippen LogP contribution in [0.1, 0.15) is 46.3 Å². The Kier molecular flexibility index (Phi) is 5.61. The molecule has 5 rings (SSSR count). The number of H-pyrrole nitrogens is 1. The van der Waals surface area contributed by atoms with Crippen LogP contribution in [0, 0.1) is 6.92 Å². The summed E-state index contributed by atoms with van der Waals surface area (Å²) in [6, 6.07) is 7.86. The van der Waals surface area contributed by atoms with Crippen molar-refractivity contribution in [1.82, 2.24) is 24.8 Å². The summed E-state index contributed by atoms with van der Waals surface area (Å²) in [5.41, 5.74) is 3.21. The normalized spacial score (nSPS) is 19.0. The van der Waals surface area contributed by atoms with E-state index < -0.39 is 0 Å². The van der Waals surface area contributed by atoms with Gasteiger partial charge in [0.15, 0.2) is 5.82 Å². The van der Waals surface area contributed by atoms with Gasteiger partial charge in [-0.1, -0.05) is 18.2 Å². The first-order valence-electron chi connectivity index (χ1n) is 11.2. The first kappa shape index (κ1) is 20.6. The average Bonchev–Trinajstić information content (AvgIpc) is 3.47. The predicted molar refractivity (Wildman–Crippen MR) is 119 cm³/mol. The van der Waals surface area contributed by atoms with E-state index in [1.807, 2.05) is 42.3 Å². The molecule has 3 aromatic rings. The molecule has 166 valence electrons. The molecule has 1 atom stereocenters. The lowest BCUT2D eigenvalue weighted by atomic mass is 10.1. The zero-order chi connectivity index (χ0) is 22.1. The highest BCUT2D eigenvalue weighted by molar-refractivity contribution is 5.95. The molecule has 32 heavy (non-hydrogen) atoms. The highest BCUT2D eigenvalue weighted by Crippen LogP contribution is 2.31. The van der Waals surface area contributed by atoms with E-state index >= 15 is 0 Å². The van der Waals surface area contributed by atoms with Crippen molar-refractivity contribution in [3.05, 3.63) is 59.3 Å². The van der Waals surface area contributed by atoms with E-state index in [4.69, 9.17) is 4.74 Å². The lowest BCUT2D eigenvalue weighted by Crippen LogP contribution is -2.41. The van der Waals surface area contributed by atoms with Gasteiger partial charge in [-0.3, -0.25) is 9.59 Å². The molecule has 2 saturated heterocycles. The molecular formula is C24H27N5O3. The summed E-state index contributed by atoms with van der Waals surface area (Å²) in [5, 5.41) is 1.08. The number of aryl methyl sites for hydroxylation is 1. The molecule has 0 radical (unpaired) electrons. The second kappa shape index (κ2) is 8.70. The van der Waals surface area contributed by atoms with Gasteiger partial charge in [0.05, 0.1) is 36.9 Å². The number of amides is 2. The average molecular weight is 434 g/mol. The fourth-order valence-electron chi connectivity index (χ4n) is 4.67. The van der Waals surface area contributed by atoms with Gasteiger partial charge in [0.2, 0.25) is 5.91 Å². The zero-order valence-electron chi connectivity index (χ0n) is 18.2. The number of morpholine rings is 1. The van der Waals surface area contributed by atoms with Crippen LogP contribution < -0.4 is 0 Å². The summed E-state index contributed by atoms with van der Waals surface area (Å²) in [4.78, 5) is 42.1. The molecule has 2 aliphatic heterocycles. The van der Waals surface area contributed by atoms with Crippen molar-refractivity contribution < 1.29 is 14.3 Å². The van der Waals surface area contributed by atoms with E-state index in [0.717, 1.165) is 29.3 Å².